The van der Waals surface area contributed by atoms with Crippen LogP contribution in [0.3, 0.4) is 0 Å². The van der Waals surface area contributed by atoms with Crippen LogP contribution in [-0.4, -0.2) is 23.7 Å². The lowest BCUT2D eigenvalue weighted by Crippen LogP contribution is -2.02. The summed E-state index contributed by atoms with van der Waals surface area (Å²) >= 11 is 0. The molecule has 232 valence electrons. The molecule has 0 aliphatic heterocycles. The zero-order valence-corrected chi connectivity index (χ0v) is 27.3. The molecular formula is C42H33N5O. The quantitative estimate of drug-likeness (QED) is 0.192. The smallest absolute Gasteiger partial charge is 0.139 e. The number of rotatable bonds is 5. The number of imidazole rings is 1. The lowest BCUT2D eigenvalue weighted by Gasteiger charge is -2.14. The molecule has 0 bridgehead atoms. The largest absolute Gasteiger partial charge is 0.457 e. The van der Waals surface area contributed by atoms with E-state index in [9.17, 15) is 0 Å². The molecule has 9 rings (SSSR count). The van der Waals surface area contributed by atoms with E-state index in [4.69, 9.17) is 9.72 Å². The molecule has 6 heteroatoms. The fourth-order valence-corrected chi connectivity index (χ4v) is 7.36. The average molecular weight is 624 g/mol. The first-order valence-electron chi connectivity index (χ1n) is 16.2. The van der Waals surface area contributed by atoms with Gasteiger partial charge in [-0.2, -0.15) is 0 Å². The summed E-state index contributed by atoms with van der Waals surface area (Å²) in [5.74, 6) is 3.28. The molecule has 0 aliphatic rings. The maximum Gasteiger partial charge on any atom is 0.139 e. The number of hydrogen-bond donors (Lipinski definition) is 0. The van der Waals surface area contributed by atoms with Crippen LogP contribution in [0.25, 0.3) is 66.5 Å². The number of pyridine rings is 1. The van der Waals surface area contributed by atoms with E-state index in [0.29, 0.717) is 0 Å². The third-order valence-electron chi connectivity index (χ3n) is 9.44. The van der Waals surface area contributed by atoms with Crippen molar-refractivity contribution >= 4 is 43.6 Å². The molecule has 5 aromatic carbocycles. The van der Waals surface area contributed by atoms with Crippen molar-refractivity contribution < 1.29 is 4.74 Å². The Labute approximate surface area is 278 Å². The molecule has 4 aromatic heterocycles. The fourth-order valence-electron chi connectivity index (χ4n) is 7.36. The van der Waals surface area contributed by atoms with E-state index >= 15 is 0 Å². The number of hydrogen-bond acceptors (Lipinski definition) is 3. The zero-order chi connectivity index (χ0) is 32.5. The fraction of sp³-hybridized carbons (Fsp3) is 0.0952. The van der Waals surface area contributed by atoms with Gasteiger partial charge >= 0.3 is 0 Å². The standard InChI is InChI=1S/C42H33N5O/c1-26-21-29(42-44-19-20-45(42)4)23-32(22-26)48-31-15-16-34-33-11-5-6-14-37(33)47(38(34)25-31)39-24-30(17-18-43-39)46-40-27(2)9-7-12-35(40)36-13-8-10-28(3)41(36)46/h5-25H,1-4H3. The summed E-state index contributed by atoms with van der Waals surface area (Å²) in [6.07, 6.45) is 5.70. The summed E-state index contributed by atoms with van der Waals surface area (Å²) in [6, 6.07) is 38.6. The normalized spacial score (nSPS) is 11.8. The highest BCUT2D eigenvalue weighted by atomic mass is 16.5. The van der Waals surface area contributed by atoms with Crippen molar-refractivity contribution in [3.8, 4) is 34.4 Å². The minimum absolute atomic E-state index is 0.757. The van der Waals surface area contributed by atoms with E-state index in [1.54, 1.807) is 0 Å². The maximum absolute atomic E-state index is 6.56. The Morgan fingerprint density at radius 1 is 0.562 bits per heavy atom. The summed E-state index contributed by atoms with van der Waals surface area (Å²) < 4.78 is 13.2. The molecule has 6 nitrogen and oxygen atoms in total. The maximum atomic E-state index is 6.56. The van der Waals surface area contributed by atoms with Crippen molar-refractivity contribution in [2.45, 2.75) is 20.8 Å². The van der Waals surface area contributed by atoms with Gasteiger partial charge in [0.15, 0.2) is 0 Å². The second-order valence-corrected chi connectivity index (χ2v) is 12.7. The summed E-state index contributed by atoms with van der Waals surface area (Å²) in [6.45, 7) is 6.47. The Morgan fingerprint density at radius 3 is 2.04 bits per heavy atom. The van der Waals surface area contributed by atoms with Crippen LogP contribution in [0.5, 0.6) is 11.5 Å². The van der Waals surface area contributed by atoms with Crippen molar-refractivity contribution in [1.82, 2.24) is 23.7 Å². The number of fused-ring (bicyclic) bond motifs is 6. The number of benzene rings is 5. The van der Waals surface area contributed by atoms with Crippen molar-refractivity contribution in [2.24, 2.45) is 7.05 Å². The van der Waals surface area contributed by atoms with Gasteiger partial charge in [0.2, 0.25) is 0 Å². The van der Waals surface area contributed by atoms with Gasteiger partial charge in [-0.25, -0.2) is 9.97 Å². The summed E-state index contributed by atoms with van der Waals surface area (Å²) in [5.41, 5.74) is 10.2. The van der Waals surface area contributed by atoms with Crippen LogP contribution in [-0.2, 0) is 7.05 Å². The summed E-state index contributed by atoms with van der Waals surface area (Å²) in [4.78, 5) is 9.52. The van der Waals surface area contributed by atoms with Crippen LogP contribution in [0.1, 0.15) is 16.7 Å². The molecule has 9 aromatic rings. The van der Waals surface area contributed by atoms with E-state index in [1.807, 2.05) is 30.2 Å². The van der Waals surface area contributed by atoms with Crippen LogP contribution in [0.15, 0.2) is 128 Å². The highest BCUT2D eigenvalue weighted by Gasteiger charge is 2.19. The second kappa shape index (κ2) is 10.7. The molecular weight excluding hydrogens is 590 g/mol. The Bertz CT molecular complexity index is 2650. The van der Waals surface area contributed by atoms with Crippen LogP contribution in [0.2, 0.25) is 0 Å². The molecule has 0 radical (unpaired) electrons. The molecule has 0 unspecified atom stereocenters. The Kier molecular flexibility index (Phi) is 6.27. The van der Waals surface area contributed by atoms with Crippen molar-refractivity contribution in [3.05, 3.63) is 144 Å². The number of para-hydroxylation sites is 3. The number of aryl methyl sites for hydroxylation is 4. The average Bonchev–Trinajstić information content (AvgIpc) is 3.77. The van der Waals surface area contributed by atoms with Gasteiger partial charge < -0.3 is 13.9 Å². The lowest BCUT2D eigenvalue weighted by atomic mass is 10.1. The molecule has 48 heavy (non-hydrogen) atoms. The molecule has 0 fully saturated rings. The van der Waals surface area contributed by atoms with Gasteiger partial charge in [0.05, 0.1) is 27.8 Å². The van der Waals surface area contributed by atoms with Crippen molar-refractivity contribution in [3.63, 3.8) is 0 Å². The molecule has 0 N–H and O–H groups in total. The Hall–Kier alpha value is -6.14. The molecule has 0 spiro atoms. The van der Waals surface area contributed by atoms with Crippen molar-refractivity contribution in [2.75, 3.05) is 0 Å². The number of nitrogens with zero attached hydrogens (tertiary/aromatic N) is 5. The van der Waals surface area contributed by atoms with Crippen LogP contribution >= 0.6 is 0 Å². The highest BCUT2D eigenvalue weighted by Crippen LogP contribution is 2.38. The van der Waals surface area contributed by atoms with Crippen LogP contribution < -0.4 is 4.74 Å². The predicted octanol–water partition coefficient (Wildman–Crippen LogP) is 10.4. The van der Waals surface area contributed by atoms with Gasteiger partial charge in [-0.05, 0) is 79.9 Å². The first-order valence-corrected chi connectivity index (χ1v) is 16.2. The molecule has 0 atom stereocenters. The van der Waals surface area contributed by atoms with Gasteiger partial charge in [-0.1, -0.05) is 54.6 Å². The van der Waals surface area contributed by atoms with Crippen molar-refractivity contribution in [1.29, 1.82) is 0 Å². The SMILES string of the molecule is Cc1cc(Oc2ccc3c4ccccc4n(-c4cc(-n5c6c(C)cccc6c6cccc(C)c65)ccn4)c3c2)cc(-c2nccn2C)c1. The minimum Gasteiger partial charge on any atom is -0.457 e. The summed E-state index contributed by atoms with van der Waals surface area (Å²) in [5, 5.41) is 4.83. The van der Waals surface area contributed by atoms with Gasteiger partial charge in [-0.15, -0.1) is 0 Å². The molecule has 0 saturated heterocycles. The molecule has 4 heterocycles. The van der Waals surface area contributed by atoms with E-state index in [0.717, 1.165) is 56.4 Å². The first-order chi connectivity index (χ1) is 23.4. The van der Waals surface area contributed by atoms with Gasteiger partial charge in [0.25, 0.3) is 0 Å². The zero-order valence-electron chi connectivity index (χ0n) is 27.3. The first kappa shape index (κ1) is 28.1. The van der Waals surface area contributed by atoms with Gasteiger partial charge in [0.1, 0.15) is 23.1 Å². The monoisotopic (exact) mass is 623 g/mol. The Morgan fingerprint density at radius 2 is 1.29 bits per heavy atom. The van der Waals surface area contributed by atoms with Gasteiger partial charge in [0, 0.05) is 64.9 Å². The number of ether oxygens (including phenoxy) is 1. The van der Waals surface area contributed by atoms with Gasteiger partial charge in [-0.3, -0.25) is 4.57 Å². The molecule has 0 amide bonds. The molecule has 0 saturated carbocycles. The third kappa shape index (κ3) is 4.33. The topological polar surface area (TPSA) is 49.8 Å². The highest BCUT2D eigenvalue weighted by molar-refractivity contribution is 6.12. The number of aromatic nitrogens is 5. The lowest BCUT2D eigenvalue weighted by molar-refractivity contribution is 0.483. The minimum atomic E-state index is 0.757. The Balaban J connectivity index is 1.22. The van der Waals surface area contributed by atoms with Crippen LogP contribution in [0, 0.1) is 20.8 Å². The summed E-state index contributed by atoms with van der Waals surface area (Å²) in [7, 11) is 2.00. The second-order valence-electron chi connectivity index (χ2n) is 12.7. The predicted molar refractivity (Wildman–Crippen MR) is 196 cm³/mol. The van der Waals surface area contributed by atoms with Crippen LogP contribution in [0.4, 0.5) is 0 Å². The van der Waals surface area contributed by atoms with E-state index in [2.05, 4.69) is 144 Å². The van der Waals surface area contributed by atoms with E-state index in [-0.39, 0.29) is 0 Å². The molecule has 0 aliphatic carbocycles. The third-order valence-corrected chi connectivity index (χ3v) is 9.44. The van der Waals surface area contributed by atoms with E-state index in [1.165, 1.54) is 38.3 Å². The van der Waals surface area contributed by atoms with E-state index < -0.39 is 0 Å².